The molecule has 0 saturated carbocycles. The summed E-state index contributed by atoms with van der Waals surface area (Å²) in [6, 6.07) is 0.511. The van der Waals surface area contributed by atoms with Crippen LogP contribution in [0.25, 0.3) is 0 Å². The second-order valence-corrected chi connectivity index (χ2v) is 4.30. The summed E-state index contributed by atoms with van der Waals surface area (Å²) < 4.78 is 6.92. The van der Waals surface area contributed by atoms with E-state index in [-0.39, 0.29) is 0 Å². The Labute approximate surface area is 98.0 Å². The van der Waals surface area contributed by atoms with Crippen LogP contribution in [0.3, 0.4) is 0 Å². The van der Waals surface area contributed by atoms with Gasteiger partial charge in [0.1, 0.15) is 0 Å². The molecule has 1 rings (SSSR count). The summed E-state index contributed by atoms with van der Waals surface area (Å²) in [4.78, 5) is 0. The SMILES string of the molecule is COCCC(C)NCCc1cn(C)nc1C. The lowest BCUT2D eigenvalue weighted by molar-refractivity contribution is 0.185. The minimum absolute atomic E-state index is 0.511. The molecular weight excluding hydrogens is 202 g/mol. The zero-order chi connectivity index (χ0) is 12.0. The molecule has 4 heteroatoms. The lowest BCUT2D eigenvalue weighted by atomic mass is 10.2. The Bertz CT molecular complexity index is 309. The molecular formula is C12H23N3O. The normalized spacial score (nSPS) is 13.0. The van der Waals surface area contributed by atoms with Crippen molar-refractivity contribution >= 4 is 0 Å². The first-order chi connectivity index (χ1) is 7.63. The van der Waals surface area contributed by atoms with Gasteiger partial charge in [-0.25, -0.2) is 0 Å². The Morgan fingerprint density at radius 1 is 1.56 bits per heavy atom. The van der Waals surface area contributed by atoms with E-state index in [0.29, 0.717) is 6.04 Å². The van der Waals surface area contributed by atoms with E-state index >= 15 is 0 Å². The zero-order valence-corrected chi connectivity index (χ0v) is 10.8. The van der Waals surface area contributed by atoms with Gasteiger partial charge >= 0.3 is 0 Å². The predicted molar refractivity (Wildman–Crippen MR) is 65.6 cm³/mol. The van der Waals surface area contributed by atoms with Gasteiger partial charge in [0.2, 0.25) is 0 Å². The van der Waals surface area contributed by atoms with Crippen LogP contribution in [-0.2, 0) is 18.2 Å². The largest absolute Gasteiger partial charge is 0.385 e. The molecule has 92 valence electrons. The third-order valence-electron chi connectivity index (χ3n) is 2.76. The van der Waals surface area contributed by atoms with E-state index < -0.39 is 0 Å². The summed E-state index contributed by atoms with van der Waals surface area (Å²) in [7, 11) is 3.71. The van der Waals surface area contributed by atoms with Crippen LogP contribution in [0.2, 0.25) is 0 Å². The van der Waals surface area contributed by atoms with Gasteiger partial charge in [0.25, 0.3) is 0 Å². The van der Waals surface area contributed by atoms with Crippen LogP contribution in [0.4, 0.5) is 0 Å². The summed E-state index contributed by atoms with van der Waals surface area (Å²) in [5.41, 5.74) is 2.46. The fraction of sp³-hybridized carbons (Fsp3) is 0.750. The van der Waals surface area contributed by atoms with Crippen LogP contribution < -0.4 is 5.32 Å². The van der Waals surface area contributed by atoms with Crippen LogP contribution in [0.5, 0.6) is 0 Å². The molecule has 0 spiro atoms. The number of methoxy groups -OCH3 is 1. The molecule has 1 heterocycles. The molecule has 0 radical (unpaired) electrons. The van der Waals surface area contributed by atoms with Crippen molar-refractivity contribution in [1.82, 2.24) is 15.1 Å². The second kappa shape index (κ2) is 6.66. The van der Waals surface area contributed by atoms with E-state index in [0.717, 1.165) is 31.7 Å². The maximum Gasteiger partial charge on any atom is 0.0626 e. The maximum absolute atomic E-state index is 5.05. The zero-order valence-electron chi connectivity index (χ0n) is 10.8. The van der Waals surface area contributed by atoms with E-state index in [1.807, 2.05) is 11.7 Å². The standard InChI is InChI=1S/C12H23N3O/c1-10(6-8-16-4)13-7-5-12-9-15(3)14-11(12)2/h9-10,13H,5-8H2,1-4H3. The van der Waals surface area contributed by atoms with E-state index in [1.54, 1.807) is 7.11 Å². The quantitative estimate of drug-likeness (QED) is 0.760. The number of ether oxygens (including phenoxy) is 1. The molecule has 0 aliphatic heterocycles. The van der Waals surface area contributed by atoms with Crippen molar-refractivity contribution in [2.75, 3.05) is 20.3 Å². The molecule has 0 amide bonds. The number of rotatable bonds is 7. The van der Waals surface area contributed by atoms with Crippen molar-refractivity contribution in [1.29, 1.82) is 0 Å². The summed E-state index contributed by atoms with van der Waals surface area (Å²) in [5.74, 6) is 0. The maximum atomic E-state index is 5.05. The van der Waals surface area contributed by atoms with Gasteiger partial charge in [0.05, 0.1) is 5.69 Å². The molecule has 0 aromatic carbocycles. The van der Waals surface area contributed by atoms with Crippen molar-refractivity contribution in [2.24, 2.45) is 7.05 Å². The van der Waals surface area contributed by atoms with E-state index in [2.05, 4.69) is 30.5 Å². The van der Waals surface area contributed by atoms with Crippen molar-refractivity contribution in [3.05, 3.63) is 17.5 Å². The summed E-state index contributed by atoms with van der Waals surface area (Å²) in [6.07, 6.45) is 4.19. The lowest BCUT2D eigenvalue weighted by Gasteiger charge is -2.12. The highest BCUT2D eigenvalue weighted by Gasteiger charge is 2.04. The average Bonchev–Trinajstić information content (AvgIpc) is 2.55. The highest BCUT2D eigenvalue weighted by atomic mass is 16.5. The van der Waals surface area contributed by atoms with Gasteiger partial charge in [-0.2, -0.15) is 5.10 Å². The van der Waals surface area contributed by atoms with Crippen LogP contribution in [0.1, 0.15) is 24.6 Å². The van der Waals surface area contributed by atoms with Crippen LogP contribution in [-0.4, -0.2) is 36.1 Å². The van der Waals surface area contributed by atoms with Crippen molar-refractivity contribution in [2.45, 2.75) is 32.7 Å². The number of hydrogen-bond acceptors (Lipinski definition) is 3. The minimum atomic E-state index is 0.511. The van der Waals surface area contributed by atoms with Crippen molar-refractivity contribution < 1.29 is 4.74 Å². The Kier molecular flexibility index (Phi) is 5.49. The van der Waals surface area contributed by atoms with Gasteiger partial charge in [-0.05, 0) is 38.8 Å². The van der Waals surface area contributed by atoms with E-state index in [4.69, 9.17) is 4.74 Å². The highest BCUT2D eigenvalue weighted by Crippen LogP contribution is 2.04. The number of nitrogens with one attached hydrogen (secondary N) is 1. The second-order valence-electron chi connectivity index (χ2n) is 4.30. The Balaban J connectivity index is 2.22. The molecule has 0 aliphatic rings. The van der Waals surface area contributed by atoms with Crippen LogP contribution in [0.15, 0.2) is 6.20 Å². The van der Waals surface area contributed by atoms with Crippen LogP contribution >= 0.6 is 0 Å². The summed E-state index contributed by atoms with van der Waals surface area (Å²) >= 11 is 0. The van der Waals surface area contributed by atoms with E-state index in [1.165, 1.54) is 5.56 Å². The number of aryl methyl sites for hydroxylation is 2. The first-order valence-electron chi connectivity index (χ1n) is 5.85. The molecule has 1 atom stereocenters. The van der Waals surface area contributed by atoms with Crippen molar-refractivity contribution in [3.8, 4) is 0 Å². The first kappa shape index (κ1) is 13.2. The van der Waals surface area contributed by atoms with Gasteiger partial charge in [-0.3, -0.25) is 4.68 Å². The smallest absolute Gasteiger partial charge is 0.0626 e. The topological polar surface area (TPSA) is 39.1 Å². The third kappa shape index (κ3) is 4.33. The minimum Gasteiger partial charge on any atom is -0.385 e. The molecule has 0 bridgehead atoms. The number of hydrogen-bond donors (Lipinski definition) is 1. The fourth-order valence-electron chi connectivity index (χ4n) is 1.74. The molecule has 0 saturated heterocycles. The van der Waals surface area contributed by atoms with Gasteiger partial charge < -0.3 is 10.1 Å². The number of aromatic nitrogens is 2. The van der Waals surface area contributed by atoms with Gasteiger partial charge in [0.15, 0.2) is 0 Å². The van der Waals surface area contributed by atoms with Gasteiger partial charge in [-0.1, -0.05) is 0 Å². The molecule has 1 aromatic heterocycles. The molecule has 1 aromatic rings. The van der Waals surface area contributed by atoms with E-state index in [9.17, 15) is 0 Å². The molecule has 1 unspecified atom stereocenters. The Morgan fingerprint density at radius 3 is 2.88 bits per heavy atom. The Morgan fingerprint density at radius 2 is 2.31 bits per heavy atom. The molecule has 0 aliphatic carbocycles. The first-order valence-corrected chi connectivity index (χ1v) is 5.85. The van der Waals surface area contributed by atoms with Gasteiger partial charge in [-0.15, -0.1) is 0 Å². The highest BCUT2D eigenvalue weighted by molar-refractivity contribution is 5.15. The molecule has 1 N–H and O–H groups in total. The third-order valence-corrected chi connectivity index (χ3v) is 2.76. The fourth-order valence-corrected chi connectivity index (χ4v) is 1.74. The molecule has 0 fully saturated rings. The number of nitrogens with zero attached hydrogens (tertiary/aromatic N) is 2. The lowest BCUT2D eigenvalue weighted by Crippen LogP contribution is -2.29. The summed E-state index contributed by atoms with van der Waals surface area (Å²) in [5, 5.41) is 7.81. The van der Waals surface area contributed by atoms with Crippen LogP contribution in [0, 0.1) is 6.92 Å². The molecule has 4 nitrogen and oxygen atoms in total. The molecule has 16 heavy (non-hydrogen) atoms. The monoisotopic (exact) mass is 225 g/mol. The summed E-state index contributed by atoms with van der Waals surface area (Å²) in [6.45, 7) is 6.07. The predicted octanol–water partition coefficient (Wildman–Crippen LogP) is 1.29. The average molecular weight is 225 g/mol. The Hall–Kier alpha value is -0.870. The van der Waals surface area contributed by atoms with Gasteiger partial charge in [0, 0.05) is 33.0 Å². The van der Waals surface area contributed by atoms with Crippen molar-refractivity contribution in [3.63, 3.8) is 0 Å².